The summed E-state index contributed by atoms with van der Waals surface area (Å²) in [5, 5.41) is 13.1. The number of nitrogens with zero attached hydrogens (tertiary/aromatic N) is 1. The molecule has 0 saturated carbocycles. The van der Waals surface area contributed by atoms with E-state index in [0.717, 1.165) is 19.6 Å². The van der Waals surface area contributed by atoms with E-state index >= 15 is 0 Å². The van der Waals surface area contributed by atoms with E-state index in [0.29, 0.717) is 32.3 Å². The zero-order chi connectivity index (χ0) is 13.2. The molecule has 0 radical (unpaired) electrons. The van der Waals surface area contributed by atoms with Crippen molar-refractivity contribution in [1.82, 2.24) is 10.2 Å². The van der Waals surface area contributed by atoms with Crippen LogP contribution in [-0.2, 0) is 9.47 Å². The monoisotopic (exact) mass is 260 g/mol. The molecule has 2 atom stereocenters. The van der Waals surface area contributed by atoms with E-state index < -0.39 is 6.10 Å². The summed E-state index contributed by atoms with van der Waals surface area (Å²) in [4.78, 5) is 2.34. The van der Waals surface area contributed by atoms with Gasteiger partial charge < -0.3 is 24.8 Å². The lowest BCUT2D eigenvalue weighted by molar-refractivity contribution is -0.00565. The second-order valence-corrected chi connectivity index (χ2v) is 5.05. The van der Waals surface area contributed by atoms with Crippen LogP contribution in [0.4, 0.5) is 0 Å². The maximum absolute atomic E-state index is 9.89. The largest absolute Gasteiger partial charge is 0.389 e. The SMILES string of the molecule is CNCC1CCCN(CC(O)COCCOC)C1. The van der Waals surface area contributed by atoms with Crippen molar-refractivity contribution in [2.45, 2.75) is 18.9 Å². The van der Waals surface area contributed by atoms with E-state index in [1.54, 1.807) is 7.11 Å². The van der Waals surface area contributed by atoms with Crippen molar-refractivity contribution in [2.75, 3.05) is 60.2 Å². The Morgan fingerprint density at radius 2 is 2.28 bits per heavy atom. The third kappa shape index (κ3) is 6.66. The number of likely N-dealkylation sites (tertiary alicyclic amines) is 1. The van der Waals surface area contributed by atoms with Gasteiger partial charge in [0.05, 0.1) is 25.9 Å². The van der Waals surface area contributed by atoms with E-state index in [4.69, 9.17) is 9.47 Å². The van der Waals surface area contributed by atoms with Gasteiger partial charge in [-0.2, -0.15) is 0 Å². The zero-order valence-electron chi connectivity index (χ0n) is 11.7. The molecule has 0 spiro atoms. The Morgan fingerprint density at radius 3 is 3.00 bits per heavy atom. The Kier molecular flexibility index (Phi) is 8.54. The van der Waals surface area contributed by atoms with E-state index in [1.165, 1.54) is 12.8 Å². The number of hydrogen-bond donors (Lipinski definition) is 2. The molecule has 1 heterocycles. The van der Waals surface area contributed by atoms with Crippen LogP contribution in [0, 0.1) is 5.92 Å². The summed E-state index contributed by atoms with van der Waals surface area (Å²) in [5.41, 5.74) is 0. The lowest BCUT2D eigenvalue weighted by atomic mass is 9.98. The smallest absolute Gasteiger partial charge is 0.0900 e. The molecule has 0 aliphatic carbocycles. The number of ether oxygens (including phenoxy) is 2. The highest BCUT2D eigenvalue weighted by Gasteiger charge is 2.21. The van der Waals surface area contributed by atoms with Crippen molar-refractivity contribution in [2.24, 2.45) is 5.92 Å². The molecule has 1 aliphatic rings. The Bertz CT molecular complexity index is 203. The molecule has 5 heteroatoms. The molecule has 0 amide bonds. The summed E-state index contributed by atoms with van der Waals surface area (Å²) in [7, 11) is 3.65. The summed E-state index contributed by atoms with van der Waals surface area (Å²) < 4.78 is 10.2. The second-order valence-electron chi connectivity index (χ2n) is 5.05. The molecule has 2 N–H and O–H groups in total. The van der Waals surface area contributed by atoms with Crippen molar-refractivity contribution >= 4 is 0 Å². The number of hydrogen-bond acceptors (Lipinski definition) is 5. The van der Waals surface area contributed by atoms with Gasteiger partial charge in [-0.15, -0.1) is 0 Å². The summed E-state index contributed by atoms with van der Waals surface area (Å²) in [6.45, 7) is 5.49. The minimum absolute atomic E-state index is 0.393. The van der Waals surface area contributed by atoms with Gasteiger partial charge in [0.1, 0.15) is 0 Å². The normalized spacial score (nSPS) is 23.2. The predicted molar refractivity (Wildman–Crippen MR) is 71.8 cm³/mol. The van der Waals surface area contributed by atoms with Crippen LogP contribution in [0.15, 0.2) is 0 Å². The first-order valence-corrected chi connectivity index (χ1v) is 6.88. The number of methoxy groups -OCH3 is 1. The fourth-order valence-corrected chi connectivity index (χ4v) is 2.48. The molecule has 0 bridgehead atoms. The molecule has 1 aliphatic heterocycles. The molecule has 2 unspecified atom stereocenters. The van der Waals surface area contributed by atoms with Crippen LogP contribution in [0.25, 0.3) is 0 Å². The summed E-state index contributed by atoms with van der Waals surface area (Å²) >= 11 is 0. The average molecular weight is 260 g/mol. The zero-order valence-corrected chi connectivity index (χ0v) is 11.7. The van der Waals surface area contributed by atoms with Gasteiger partial charge in [-0.25, -0.2) is 0 Å². The molecule has 1 rings (SSSR count). The maximum atomic E-state index is 9.89. The molecular formula is C13H28N2O3. The Morgan fingerprint density at radius 1 is 1.44 bits per heavy atom. The molecule has 5 nitrogen and oxygen atoms in total. The molecule has 108 valence electrons. The Hall–Kier alpha value is -0.200. The molecule has 0 aromatic rings. The second kappa shape index (κ2) is 9.69. The minimum Gasteiger partial charge on any atom is -0.389 e. The van der Waals surface area contributed by atoms with E-state index in [1.807, 2.05) is 7.05 Å². The van der Waals surface area contributed by atoms with Gasteiger partial charge in [-0.3, -0.25) is 0 Å². The summed E-state index contributed by atoms with van der Waals surface area (Å²) in [6, 6.07) is 0. The number of aliphatic hydroxyl groups is 1. The molecule has 0 aromatic heterocycles. The van der Waals surface area contributed by atoms with Gasteiger partial charge in [0.2, 0.25) is 0 Å². The van der Waals surface area contributed by atoms with Crippen molar-refractivity contribution in [3.63, 3.8) is 0 Å². The highest BCUT2D eigenvalue weighted by molar-refractivity contribution is 4.76. The maximum Gasteiger partial charge on any atom is 0.0900 e. The standard InChI is InChI=1S/C13H28N2O3/c1-14-8-12-4-3-5-15(9-12)10-13(16)11-18-7-6-17-2/h12-14,16H,3-11H2,1-2H3. The van der Waals surface area contributed by atoms with E-state index in [-0.39, 0.29) is 0 Å². The van der Waals surface area contributed by atoms with Gasteiger partial charge in [-0.05, 0) is 38.9 Å². The number of rotatable bonds is 9. The molecule has 1 saturated heterocycles. The highest BCUT2D eigenvalue weighted by Crippen LogP contribution is 2.15. The quantitative estimate of drug-likeness (QED) is 0.569. The Labute approximate surface area is 110 Å². The minimum atomic E-state index is -0.393. The van der Waals surface area contributed by atoms with Crippen LogP contribution in [0.1, 0.15) is 12.8 Å². The fraction of sp³-hybridized carbons (Fsp3) is 1.00. The highest BCUT2D eigenvalue weighted by atomic mass is 16.5. The van der Waals surface area contributed by atoms with Crippen molar-refractivity contribution < 1.29 is 14.6 Å². The predicted octanol–water partition coefficient (Wildman–Crippen LogP) is -0.0583. The van der Waals surface area contributed by atoms with Crippen LogP contribution in [0.3, 0.4) is 0 Å². The van der Waals surface area contributed by atoms with Crippen LogP contribution in [0.2, 0.25) is 0 Å². The summed E-state index contributed by atoms with van der Waals surface area (Å²) in [5.74, 6) is 0.713. The van der Waals surface area contributed by atoms with Gasteiger partial charge in [0.25, 0.3) is 0 Å². The van der Waals surface area contributed by atoms with Crippen LogP contribution >= 0.6 is 0 Å². The van der Waals surface area contributed by atoms with Crippen molar-refractivity contribution in [3.05, 3.63) is 0 Å². The summed E-state index contributed by atoms with van der Waals surface area (Å²) in [6.07, 6.45) is 2.12. The van der Waals surface area contributed by atoms with E-state index in [9.17, 15) is 5.11 Å². The lowest BCUT2D eigenvalue weighted by Crippen LogP contribution is -2.43. The third-order valence-electron chi connectivity index (χ3n) is 3.31. The third-order valence-corrected chi connectivity index (χ3v) is 3.31. The number of aliphatic hydroxyl groups excluding tert-OH is 1. The first kappa shape index (κ1) is 15.9. The number of β-amino-alcohol motifs (C(OH)–C–C–N with tert-alkyl or cyclic N) is 1. The number of nitrogens with one attached hydrogen (secondary N) is 1. The molecular weight excluding hydrogens is 232 g/mol. The first-order valence-electron chi connectivity index (χ1n) is 6.88. The topological polar surface area (TPSA) is 54.0 Å². The van der Waals surface area contributed by atoms with Crippen LogP contribution < -0.4 is 5.32 Å². The fourth-order valence-electron chi connectivity index (χ4n) is 2.48. The van der Waals surface area contributed by atoms with Gasteiger partial charge in [-0.1, -0.05) is 0 Å². The number of piperidine rings is 1. The van der Waals surface area contributed by atoms with Gasteiger partial charge in [0, 0.05) is 20.2 Å². The van der Waals surface area contributed by atoms with Crippen LogP contribution in [-0.4, -0.2) is 76.3 Å². The lowest BCUT2D eigenvalue weighted by Gasteiger charge is -2.33. The van der Waals surface area contributed by atoms with Crippen molar-refractivity contribution in [3.8, 4) is 0 Å². The van der Waals surface area contributed by atoms with Gasteiger partial charge >= 0.3 is 0 Å². The molecule has 0 aromatic carbocycles. The first-order chi connectivity index (χ1) is 8.76. The van der Waals surface area contributed by atoms with Crippen molar-refractivity contribution in [1.29, 1.82) is 0 Å². The molecule has 18 heavy (non-hydrogen) atoms. The molecule has 1 fully saturated rings. The van der Waals surface area contributed by atoms with Crippen LogP contribution in [0.5, 0.6) is 0 Å². The Balaban J connectivity index is 2.12. The van der Waals surface area contributed by atoms with E-state index in [2.05, 4.69) is 10.2 Å². The average Bonchev–Trinajstić information content (AvgIpc) is 2.35. The van der Waals surface area contributed by atoms with Gasteiger partial charge in [0.15, 0.2) is 0 Å².